The summed E-state index contributed by atoms with van der Waals surface area (Å²) in [6, 6.07) is 0. The van der Waals surface area contributed by atoms with Crippen LogP contribution in [0.1, 0.15) is 39.5 Å². The quantitative estimate of drug-likeness (QED) is 0.665. The van der Waals surface area contributed by atoms with Crippen molar-refractivity contribution in [2.75, 3.05) is 6.54 Å². The van der Waals surface area contributed by atoms with Gasteiger partial charge in [0.15, 0.2) is 0 Å². The molecule has 0 aromatic carbocycles. The van der Waals surface area contributed by atoms with Crippen LogP contribution in [0.4, 0.5) is 0 Å². The Labute approximate surface area is 83.9 Å². The molecular weight excluding hydrogens is 182 g/mol. The highest BCUT2D eigenvalue weighted by molar-refractivity contribution is 5.96. The summed E-state index contributed by atoms with van der Waals surface area (Å²) in [6.07, 6.45) is 2.38. The number of hydrogen-bond donors (Lipinski definition) is 1. The van der Waals surface area contributed by atoms with Crippen molar-refractivity contribution in [1.29, 1.82) is 0 Å². The summed E-state index contributed by atoms with van der Waals surface area (Å²) in [5.74, 6) is -0.316. The molecule has 1 heterocycles. The maximum atomic E-state index is 11.5. The molecule has 14 heavy (non-hydrogen) atoms. The van der Waals surface area contributed by atoms with Gasteiger partial charge in [-0.05, 0) is 26.7 Å². The fraction of sp³-hybridized carbons (Fsp3) is 0.800. The van der Waals surface area contributed by atoms with E-state index in [2.05, 4.69) is 0 Å². The third-order valence-corrected chi connectivity index (χ3v) is 2.18. The molecule has 80 valence electrons. The topological polar surface area (TPSA) is 57.6 Å². The molecule has 0 bridgehead atoms. The van der Waals surface area contributed by atoms with Gasteiger partial charge in [-0.2, -0.15) is 0 Å². The van der Waals surface area contributed by atoms with Crippen LogP contribution in [0.25, 0.3) is 0 Å². The SMILES string of the molecule is CC(C)(O)CN1C(=O)CCCCC1=O. The van der Waals surface area contributed by atoms with Crippen LogP contribution in [-0.4, -0.2) is 34.0 Å². The largest absolute Gasteiger partial charge is 0.389 e. The van der Waals surface area contributed by atoms with Gasteiger partial charge in [-0.15, -0.1) is 0 Å². The predicted molar refractivity (Wildman–Crippen MR) is 51.5 cm³/mol. The van der Waals surface area contributed by atoms with Crippen LogP contribution in [-0.2, 0) is 9.59 Å². The fourth-order valence-corrected chi connectivity index (χ4v) is 1.52. The number of β-amino-alcohol motifs (C(OH)–C–C–N with tert-alkyl or cyclic N) is 1. The van der Waals surface area contributed by atoms with Gasteiger partial charge < -0.3 is 5.11 Å². The van der Waals surface area contributed by atoms with Gasteiger partial charge in [0.2, 0.25) is 11.8 Å². The maximum Gasteiger partial charge on any atom is 0.229 e. The lowest BCUT2D eigenvalue weighted by atomic mass is 10.1. The highest BCUT2D eigenvalue weighted by Crippen LogP contribution is 2.15. The van der Waals surface area contributed by atoms with Crippen molar-refractivity contribution < 1.29 is 14.7 Å². The standard InChI is InChI=1S/C10H17NO3/c1-10(2,14)7-11-8(12)5-3-4-6-9(11)13/h14H,3-7H2,1-2H3. The number of aliphatic hydroxyl groups is 1. The first kappa shape index (κ1) is 11.2. The van der Waals surface area contributed by atoms with E-state index in [0.717, 1.165) is 12.8 Å². The van der Waals surface area contributed by atoms with Gasteiger partial charge in [0.05, 0.1) is 12.1 Å². The lowest BCUT2D eigenvalue weighted by Gasteiger charge is -2.26. The number of carbonyl (C=O) groups is 2. The Bertz CT molecular complexity index is 224. The smallest absolute Gasteiger partial charge is 0.229 e. The molecule has 1 rings (SSSR count). The second-order valence-electron chi connectivity index (χ2n) is 4.39. The average Bonchev–Trinajstić information content (AvgIpc) is 2.17. The molecule has 4 heteroatoms. The van der Waals surface area contributed by atoms with Crippen LogP contribution in [0.5, 0.6) is 0 Å². The molecule has 0 atom stereocenters. The molecular formula is C10H17NO3. The first-order valence-electron chi connectivity index (χ1n) is 4.96. The van der Waals surface area contributed by atoms with Gasteiger partial charge >= 0.3 is 0 Å². The Morgan fingerprint density at radius 2 is 1.64 bits per heavy atom. The van der Waals surface area contributed by atoms with Crippen molar-refractivity contribution in [2.24, 2.45) is 0 Å². The zero-order valence-electron chi connectivity index (χ0n) is 8.75. The van der Waals surface area contributed by atoms with Crippen LogP contribution in [0.3, 0.4) is 0 Å². The number of hydrogen-bond acceptors (Lipinski definition) is 3. The van der Waals surface area contributed by atoms with E-state index in [1.807, 2.05) is 0 Å². The lowest BCUT2D eigenvalue weighted by Crippen LogP contribution is -2.44. The van der Waals surface area contributed by atoms with Crippen LogP contribution < -0.4 is 0 Å². The van der Waals surface area contributed by atoms with Crippen LogP contribution >= 0.6 is 0 Å². The summed E-state index contributed by atoms with van der Waals surface area (Å²) in [5.41, 5.74) is -1.00. The van der Waals surface area contributed by atoms with Crippen molar-refractivity contribution in [3.05, 3.63) is 0 Å². The number of imide groups is 1. The Morgan fingerprint density at radius 3 is 2.00 bits per heavy atom. The number of rotatable bonds is 2. The average molecular weight is 199 g/mol. The Kier molecular flexibility index (Phi) is 3.26. The summed E-state index contributed by atoms with van der Waals surface area (Å²) < 4.78 is 0. The number of carbonyl (C=O) groups excluding carboxylic acids is 2. The van der Waals surface area contributed by atoms with Gasteiger partial charge in [-0.25, -0.2) is 0 Å². The molecule has 0 aliphatic carbocycles. The van der Waals surface area contributed by atoms with Crippen LogP contribution in [0.15, 0.2) is 0 Å². The normalized spacial score (nSPS) is 19.8. The zero-order chi connectivity index (χ0) is 10.8. The maximum absolute atomic E-state index is 11.5. The molecule has 2 amide bonds. The molecule has 0 unspecified atom stereocenters. The molecule has 1 N–H and O–H groups in total. The summed E-state index contributed by atoms with van der Waals surface area (Å²) >= 11 is 0. The molecule has 1 saturated heterocycles. The van der Waals surface area contributed by atoms with Crippen LogP contribution in [0.2, 0.25) is 0 Å². The summed E-state index contributed by atoms with van der Waals surface area (Å²) in [6.45, 7) is 3.29. The summed E-state index contributed by atoms with van der Waals surface area (Å²) in [4.78, 5) is 24.2. The Balaban J connectivity index is 2.71. The molecule has 0 spiro atoms. The zero-order valence-corrected chi connectivity index (χ0v) is 8.75. The monoisotopic (exact) mass is 199 g/mol. The number of nitrogens with zero attached hydrogens (tertiary/aromatic N) is 1. The van der Waals surface area contributed by atoms with Crippen molar-refractivity contribution in [3.8, 4) is 0 Å². The van der Waals surface area contributed by atoms with E-state index < -0.39 is 5.60 Å². The minimum atomic E-state index is -1.00. The third kappa shape index (κ3) is 3.10. The van der Waals surface area contributed by atoms with Gasteiger partial charge in [0.1, 0.15) is 0 Å². The lowest BCUT2D eigenvalue weighted by molar-refractivity contribution is -0.147. The summed E-state index contributed by atoms with van der Waals surface area (Å²) in [7, 11) is 0. The van der Waals surface area contributed by atoms with Gasteiger partial charge in [0.25, 0.3) is 0 Å². The van der Waals surface area contributed by atoms with Gasteiger partial charge in [-0.1, -0.05) is 0 Å². The van der Waals surface area contributed by atoms with E-state index >= 15 is 0 Å². The molecule has 0 aromatic heterocycles. The first-order valence-corrected chi connectivity index (χ1v) is 4.96. The van der Waals surface area contributed by atoms with E-state index in [1.54, 1.807) is 13.8 Å². The molecule has 1 fully saturated rings. The Hall–Kier alpha value is -0.900. The van der Waals surface area contributed by atoms with Gasteiger partial charge in [-0.3, -0.25) is 14.5 Å². The molecule has 1 aliphatic rings. The third-order valence-electron chi connectivity index (χ3n) is 2.18. The highest BCUT2D eigenvalue weighted by Gasteiger charge is 2.28. The van der Waals surface area contributed by atoms with Crippen molar-refractivity contribution in [2.45, 2.75) is 45.1 Å². The van der Waals surface area contributed by atoms with E-state index in [9.17, 15) is 14.7 Å². The minimum Gasteiger partial charge on any atom is -0.389 e. The van der Waals surface area contributed by atoms with E-state index in [-0.39, 0.29) is 18.4 Å². The second-order valence-corrected chi connectivity index (χ2v) is 4.39. The number of amides is 2. The fourth-order valence-electron chi connectivity index (χ4n) is 1.52. The molecule has 0 saturated carbocycles. The van der Waals surface area contributed by atoms with Gasteiger partial charge in [0, 0.05) is 12.8 Å². The van der Waals surface area contributed by atoms with Crippen LogP contribution in [0, 0.1) is 0 Å². The van der Waals surface area contributed by atoms with Crippen molar-refractivity contribution >= 4 is 11.8 Å². The minimum absolute atomic E-state index is 0.102. The molecule has 1 aliphatic heterocycles. The summed E-state index contributed by atoms with van der Waals surface area (Å²) in [5, 5.41) is 9.55. The Morgan fingerprint density at radius 1 is 1.21 bits per heavy atom. The van der Waals surface area contributed by atoms with E-state index in [0.29, 0.717) is 12.8 Å². The predicted octanol–water partition coefficient (Wildman–Crippen LogP) is 0.686. The molecule has 0 radical (unpaired) electrons. The second kappa shape index (κ2) is 4.09. The first-order chi connectivity index (χ1) is 6.40. The molecule has 0 aromatic rings. The van der Waals surface area contributed by atoms with E-state index in [4.69, 9.17) is 0 Å². The highest BCUT2D eigenvalue weighted by atomic mass is 16.3. The number of likely N-dealkylation sites (tertiary alicyclic amines) is 1. The van der Waals surface area contributed by atoms with Crippen molar-refractivity contribution in [3.63, 3.8) is 0 Å². The molecule has 4 nitrogen and oxygen atoms in total. The van der Waals surface area contributed by atoms with Crippen molar-refractivity contribution in [1.82, 2.24) is 4.90 Å². The van der Waals surface area contributed by atoms with E-state index in [1.165, 1.54) is 4.90 Å².